The summed E-state index contributed by atoms with van der Waals surface area (Å²) in [6.07, 6.45) is 16.2. The molecule has 0 aromatic rings. The van der Waals surface area contributed by atoms with E-state index in [2.05, 4.69) is 5.32 Å². The number of hydrogen-bond acceptors (Lipinski definition) is 14. The molecule has 3 N–H and O–H groups in total. The van der Waals surface area contributed by atoms with Crippen LogP contribution in [0.25, 0.3) is 0 Å². The van der Waals surface area contributed by atoms with Crippen molar-refractivity contribution in [2.45, 2.75) is 199 Å². The minimum absolute atomic E-state index is 0.0224. The van der Waals surface area contributed by atoms with Crippen molar-refractivity contribution >= 4 is 29.2 Å². The van der Waals surface area contributed by atoms with Crippen molar-refractivity contribution < 1.29 is 62.6 Å². The van der Waals surface area contributed by atoms with E-state index in [9.17, 15) is 34.2 Å². The van der Waals surface area contributed by atoms with Crippen LogP contribution in [0.1, 0.15) is 145 Å². The maximum atomic E-state index is 14.6. The van der Waals surface area contributed by atoms with Gasteiger partial charge in [0, 0.05) is 65.1 Å². The molecule has 73 heavy (non-hydrogen) atoms. The highest BCUT2D eigenvalue weighted by Gasteiger charge is 2.53. The molecule has 0 aromatic carbocycles. The quantitative estimate of drug-likeness (QED) is 0.110. The van der Waals surface area contributed by atoms with Gasteiger partial charge in [-0.3, -0.25) is 19.2 Å². The van der Waals surface area contributed by atoms with Gasteiger partial charge >= 0.3 is 5.97 Å². The fourth-order valence-electron chi connectivity index (χ4n) is 11.8. The molecule has 15 atom stereocenters. The molecule has 2 bridgehead atoms. The Balaban J connectivity index is 1.42. The van der Waals surface area contributed by atoms with Crippen LogP contribution in [0, 0.1) is 41.4 Å². The number of Topliss-reactive ketones (excluding diaryl/α,β-unsaturated/α-hetero) is 3. The summed E-state index contributed by atoms with van der Waals surface area (Å²) in [7, 11) is 4.70. The average Bonchev–Trinajstić information content (AvgIpc) is 3.38. The molecule has 15 nitrogen and oxygen atoms in total. The van der Waals surface area contributed by atoms with Gasteiger partial charge in [-0.05, 0) is 145 Å². The Hall–Kier alpha value is -3.41. The van der Waals surface area contributed by atoms with Crippen LogP contribution in [0.15, 0.2) is 47.6 Å². The lowest BCUT2D eigenvalue weighted by molar-refractivity contribution is -0.265. The van der Waals surface area contributed by atoms with E-state index >= 15 is 0 Å². The van der Waals surface area contributed by atoms with Crippen LogP contribution in [0.4, 0.5) is 0 Å². The highest BCUT2D eigenvalue weighted by molar-refractivity contribution is 6.39. The van der Waals surface area contributed by atoms with Crippen LogP contribution < -0.4 is 5.32 Å². The highest BCUT2D eigenvalue weighted by atomic mass is 16.6. The number of fused-ring (bicyclic) bond motifs is 3. The van der Waals surface area contributed by atoms with Crippen LogP contribution in [0.5, 0.6) is 0 Å². The number of carbonyl (C=O) groups is 5. The number of hydrogen-bond donors (Lipinski definition) is 3. The SMILES string of the molecule is CO[C@H]1C[C@@H]2CC[C@@H](C)[C@@](O)(O2)C(=O)C(=O)N2CCCC[C@H]2C(=O)O[C@H]([C@H](C)C[C@@H]2CC[C@@H](OCCC3CCNCC3)[C@H](OC)C2)CC(=O)[C@H](C)/C=C(\C)[C@@H](O)[C@@H](OC)C(=O)[C@H](C)C[C@H](C)/C=C/C=C/C=C/1C. The fourth-order valence-corrected chi connectivity index (χ4v) is 11.8. The lowest BCUT2D eigenvalue weighted by Gasteiger charge is -2.42. The molecule has 4 heterocycles. The lowest BCUT2D eigenvalue weighted by Crippen LogP contribution is -2.61. The van der Waals surface area contributed by atoms with Gasteiger partial charge in [0.05, 0.1) is 24.4 Å². The number of esters is 1. The van der Waals surface area contributed by atoms with E-state index < -0.39 is 77.8 Å². The largest absolute Gasteiger partial charge is 0.460 e. The first-order valence-corrected chi connectivity index (χ1v) is 27.6. The number of nitrogens with zero attached hydrogens (tertiary/aromatic N) is 1. The Kier molecular flexibility index (Phi) is 24.2. The summed E-state index contributed by atoms with van der Waals surface area (Å²) in [5.74, 6) is -7.06. The monoisotopic (exact) mass is 1020 g/mol. The van der Waals surface area contributed by atoms with Crippen molar-refractivity contribution in [3.05, 3.63) is 47.6 Å². The fraction of sp³-hybridized carbons (Fsp3) is 0.776. The molecule has 0 aromatic heterocycles. The van der Waals surface area contributed by atoms with Crippen LogP contribution in [-0.2, 0) is 52.4 Å². The second-order valence-corrected chi connectivity index (χ2v) is 22.4. The third-order valence-electron chi connectivity index (χ3n) is 16.8. The van der Waals surface area contributed by atoms with E-state index in [4.69, 9.17) is 28.4 Å². The summed E-state index contributed by atoms with van der Waals surface area (Å²) in [6, 6.07) is -1.13. The maximum Gasteiger partial charge on any atom is 0.329 e. The molecule has 3 saturated heterocycles. The molecule has 4 aliphatic heterocycles. The van der Waals surface area contributed by atoms with Crippen LogP contribution >= 0.6 is 0 Å². The molecule has 1 saturated carbocycles. The van der Waals surface area contributed by atoms with Gasteiger partial charge in [0.2, 0.25) is 5.79 Å². The topological polar surface area (TPSA) is 196 Å². The third-order valence-corrected chi connectivity index (χ3v) is 16.8. The normalized spacial score (nSPS) is 38.8. The molecule has 0 radical (unpaired) electrons. The molecular formula is C58H92N2O13. The molecule has 0 unspecified atom stereocenters. The van der Waals surface area contributed by atoms with E-state index in [0.29, 0.717) is 63.0 Å². The van der Waals surface area contributed by atoms with Gasteiger partial charge in [0.25, 0.3) is 11.7 Å². The van der Waals surface area contributed by atoms with Gasteiger partial charge in [0.1, 0.15) is 30.1 Å². The first-order valence-electron chi connectivity index (χ1n) is 27.6. The van der Waals surface area contributed by atoms with E-state index in [-0.39, 0.29) is 60.9 Å². The predicted molar refractivity (Wildman–Crippen MR) is 279 cm³/mol. The average molecular weight is 1030 g/mol. The molecule has 5 aliphatic rings. The van der Waals surface area contributed by atoms with Crippen LogP contribution in [-0.4, -0.2) is 146 Å². The molecule has 5 rings (SSSR count). The molecule has 0 spiro atoms. The maximum absolute atomic E-state index is 14.6. The van der Waals surface area contributed by atoms with Crippen molar-refractivity contribution in [2.75, 3.05) is 47.6 Å². The second-order valence-electron chi connectivity index (χ2n) is 22.4. The molecule has 4 fully saturated rings. The standard InChI is InChI=1S/C58H92N2O13/c1-36-16-12-11-13-17-37(2)49(68-8)34-45-21-19-42(7)58(67,73-45)55(64)56(65)60-28-15-14-18-46(60)57(66)72-50(35-47(61)38(3)31-41(6)53(63)54(70-10)52(62)40(5)30-36)39(4)32-44-20-22-48(51(33-44)69-9)71-29-25-43-23-26-59-27-24-43/h11-13,16-17,31,36,38-40,42-46,48-51,53-54,59,63,67H,14-15,18-30,32-35H2,1-10H3/b13-11+,16-12+,37-17+,41-31+/t36-,38-,39-,40-,42-,44+,45+,46+,48-,49+,50+,51-,53-,54+,58-/m1/s1. The second kappa shape index (κ2) is 29.2. The van der Waals surface area contributed by atoms with E-state index in [1.165, 1.54) is 12.0 Å². The Labute approximate surface area is 436 Å². The lowest BCUT2D eigenvalue weighted by atomic mass is 9.78. The summed E-state index contributed by atoms with van der Waals surface area (Å²) >= 11 is 0. The zero-order valence-corrected chi connectivity index (χ0v) is 45.9. The van der Waals surface area contributed by atoms with Gasteiger partial charge < -0.3 is 48.9 Å². The van der Waals surface area contributed by atoms with Gasteiger partial charge in [-0.1, -0.05) is 71.1 Å². The van der Waals surface area contributed by atoms with Crippen molar-refractivity contribution in [3.63, 3.8) is 0 Å². The highest BCUT2D eigenvalue weighted by Crippen LogP contribution is 2.38. The molecule has 1 aliphatic carbocycles. The number of aliphatic hydroxyl groups is 2. The zero-order chi connectivity index (χ0) is 53.4. The van der Waals surface area contributed by atoms with E-state index in [0.717, 1.165) is 57.2 Å². The summed E-state index contributed by atoms with van der Waals surface area (Å²) in [5, 5.41) is 27.0. The number of methoxy groups -OCH3 is 3. The number of ketones is 3. The number of amides is 1. The van der Waals surface area contributed by atoms with Crippen molar-refractivity contribution in [1.29, 1.82) is 0 Å². The number of ether oxygens (including phenoxy) is 6. The molecular weight excluding hydrogens is 933 g/mol. The van der Waals surface area contributed by atoms with Gasteiger partial charge in [0.15, 0.2) is 5.78 Å². The minimum Gasteiger partial charge on any atom is -0.460 e. The van der Waals surface area contributed by atoms with Crippen molar-refractivity contribution in [2.24, 2.45) is 41.4 Å². The number of cyclic esters (lactones) is 1. The van der Waals surface area contributed by atoms with Crippen LogP contribution in [0.3, 0.4) is 0 Å². The third kappa shape index (κ3) is 16.8. The predicted octanol–water partition coefficient (Wildman–Crippen LogP) is 7.59. The Morgan fingerprint density at radius 1 is 0.822 bits per heavy atom. The number of allylic oxidation sites excluding steroid dienone is 6. The number of rotatable bonds is 10. The summed E-state index contributed by atoms with van der Waals surface area (Å²) in [5.41, 5.74) is 1.29. The minimum atomic E-state index is -2.42. The first-order chi connectivity index (χ1) is 34.8. The number of piperidine rings is 2. The number of aliphatic hydroxyl groups excluding tert-OH is 1. The first kappa shape index (κ1) is 60.5. The summed E-state index contributed by atoms with van der Waals surface area (Å²) in [6.45, 7) is 15.7. The van der Waals surface area contributed by atoms with Crippen LogP contribution in [0.2, 0.25) is 0 Å². The Morgan fingerprint density at radius 3 is 2.26 bits per heavy atom. The smallest absolute Gasteiger partial charge is 0.329 e. The Bertz CT molecular complexity index is 1940. The number of nitrogens with one attached hydrogen (secondary N) is 1. The zero-order valence-electron chi connectivity index (χ0n) is 45.9. The number of carbonyl (C=O) groups excluding carboxylic acids is 5. The van der Waals surface area contributed by atoms with Crippen molar-refractivity contribution in [1.82, 2.24) is 10.2 Å². The van der Waals surface area contributed by atoms with Gasteiger partial charge in [-0.25, -0.2) is 4.79 Å². The van der Waals surface area contributed by atoms with E-state index in [1.807, 2.05) is 58.1 Å². The van der Waals surface area contributed by atoms with Gasteiger partial charge in [-0.2, -0.15) is 0 Å². The van der Waals surface area contributed by atoms with E-state index in [1.54, 1.807) is 41.1 Å². The molecule has 412 valence electrons. The summed E-state index contributed by atoms with van der Waals surface area (Å²) < 4.78 is 36.5. The van der Waals surface area contributed by atoms with Crippen molar-refractivity contribution in [3.8, 4) is 0 Å². The molecule has 15 heteroatoms. The Morgan fingerprint density at radius 2 is 1.56 bits per heavy atom. The van der Waals surface area contributed by atoms with Gasteiger partial charge in [-0.15, -0.1) is 0 Å². The summed E-state index contributed by atoms with van der Waals surface area (Å²) in [4.78, 5) is 72.7. The molecule has 1 amide bonds.